The molecule has 2 aromatic carbocycles. The van der Waals surface area contributed by atoms with Gasteiger partial charge in [-0.05, 0) is 24.3 Å². The van der Waals surface area contributed by atoms with Crippen LogP contribution in [-0.2, 0) is 0 Å². The summed E-state index contributed by atoms with van der Waals surface area (Å²) in [5.74, 6) is -1.27. The highest BCUT2D eigenvalue weighted by atomic mass is 19.2. The van der Waals surface area contributed by atoms with E-state index in [0.717, 1.165) is 23.4 Å². The minimum Gasteiger partial charge on any atom is -0.395 e. The molecule has 3 aromatic rings. The Balaban J connectivity index is 1.92. The van der Waals surface area contributed by atoms with Crippen LogP contribution in [0.15, 0.2) is 36.4 Å². The molecule has 0 fully saturated rings. The van der Waals surface area contributed by atoms with E-state index < -0.39 is 11.6 Å². The topological polar surface area (TPSA) is 60.9 Å². The van der Waals surface area contributed by atoms with E-state index in [1.54, 1.807) is 0 Å². The summed E-state index contributed by atoms with van der Waals surface area (Å²) in [5.41, 5.74) is 2.51. The fourth-order valence-corrected chi connectivity index (χ4v) is 2.09. The minimum absolute atomic E-state index is 0.0580. The summed E-state index contributed by atoms with van der Waals surface area (Å²) in [4.78, 5) is 7.22. The maximum absolute atomic E-state index is 13.2. The number of nitrogens with zero attached hydrogens (tertiary/aromatic N) is 1. The highest BCUT2D eigenvalue weighted by Gasteiger charge is 2.09. The van der Waals surface area contributed by atoms with Crippen molar-refractivity contribution < 1.29 is 13.9 Å². The van der Waals surface area contributed by atoms with Crippen LogP contribution < -0.4 is 5.32 Å². The molecule has 0 spiro atoms. The summed E-state index contributed by atoms with van der Waals surface area (Å²) in [6.45, 7) is 0.533. The van der Waals surface area contributed by atoms with Gasteiger partial charge in [-0.2, -0.15) is 0 Å². The lowest BCUT2D eigenvalue weighted by atomic mass is 10.2. The molecular formula is C15H13F2N3O. The zero-order chi connectivity index (χ0) is 14.8. The molecule has 0 radical (unpaired) electrons. The molecule has 0 aliphatic rings. The van der Waals surface area contributed by atoms with Gasteiger partial charge in [0.15, 0.2) is 11.6 Å². The SMILES string of the molecule is OCCNc1ccc(-c2nc3cc(F)c(F)cc3[nH]2)cc1. The Hall–Kier alpha value is -2.47. The molecule has 0 saturated heterocycles. The van der Waals surface area contributed by atoms with Gasteiger partial charge in [0, 0.05) is 29.9 Å². The Morgan fingerprint density at radius 3 is 2.52 bits per heavy atom. The number of aliphatic hydroxyl groups is 1. The van der Waals surface area contributed by atoms with Crippen molar-refractivity contribution in [3.63, 3.8) is 0 Å². The van der Waals surface area contributed by atoms with Gasteiger partial charge in [0.25, 0.3) is 0 Å². The first-order valence-corrected chi connectivity index (χ1v) is 6.47. The van der Waals surface area contributed by atoms with Gasteiger partial charge in [0.2, 0.25) is 0 Å². The third-order valence-electron chi connectivity index (χ3n) is 3.12. The van der Waals surface area contributed by atoms with Crippen molar-refractivity contribution in [1.82, 2.24) is 9.97 Å². The lowest BCUT2D eigenvalue weighted by Crippen LogP contribution is -2.04. The van der Waals surface area contributed by atoms with Gasteiger partial charge in [0.1, 0.15) is 5.82 Å². The number of halogens is 2. The second kappa shape index (κ2) is 5.49. The van der Waals surface area contributed by atoms with Crippen LogP contribution in [0.4, 0.5) is 14.5 Å². The third-order valence-corrected chi connectivity index (χ3v) is 3.12. The monoisotopic (exact) mass is 289 g/mol. The normalized spacial score (nSPS) is 11.0. The third kappa shape index (κ3) is 2.71. The molecule has 3 rings (SSSR count). The van der Waals surface area contributed by atoms with E-state index in [1.165, 1.54) is 0 Å². The van der Waals surface area contributed by atoms with E-state index in [9.17, 15) is 8.78 Å². The number of hydrogen-bond donors (Lipinski definition) is 3. The zero-order valence-electron chi connectivity index (χ0n) is 11.0. The fraction of sp³-hybridized carbons (Fsp3) is 0.133. The number of imidazole rings is 1. The van der Waals surface area contributed by atoms with Crippen LogP contribution >= 0.6 is 0 Å². The Morgan fingerprint density at radius 2 is 1.81 bits per heavy atom. The number of aromatic amines is 1. The molecule has 0 amide bonds. The van der Waals surface area contributed by atoms with Crippen LogP contribution in [0.5, 0.6) is 0 Å². The lowest BCUT2D eigenvalue weighted by molar-refractivity contribution is 0.311. The van der Waals surface area contributed by atoms with E-state index in [1.807, 2.05) is 24.3 Å². The van der Waals surface area contributed by atoms with Crippen molar-refractivity contribution in [1.29, 1.82) is 0 Å². The first-order chi connectivity index (χ1) is 10.2. The zero-order valence-corrected chi connectivity index (χ0v) is 11.0. The quantitative estimate of drug-likeness (QED) is 0.692. The Labute approximate surface area is 119 Å². The molecule has 1 aromatic heterocycles. The molecule has 3 N–H and O–H groups in total. The summed E-state index contributed by atoms with van der Waals surface area (Å²) in [7, 11) is 0. The molecule has 0 atom stereocenters. The van der Waals surface area contributed by atoms with Crippen molar-refractivity contribution in [2.45, 2.75) is 0 Å². The number of hydrogen-bond acceptors (Lipinski definition) is 3. The standard InChI is InChI=1S/C15H13F2N3O/c16-11-7-13-14(8-12(11)17)20-15(19-13)9-1-3-10(4-2-9)18-5-6-21/h1-4,7-8,18,21H,5-6H2,(H,19,20). The van der Waals surface area contributed by atoms with Crippen molar-refractivity contribution in [2.75, 3.05) is 18.5 Å². The molecule has 21 heavy (non-hydrogen) atoms. The van der Waals surface area contributed by atoms with Crippen molar-refractivity contribution in [3.8, 4) is 11.4 Å². The highest BCUT2D eigenvalue weighted by molar-refractivity contribution is 5.79. The van der Waals surface area contributed by atoms with Crippen molar-refractivity contribution in [3.05, 3.63) is 48.0 Å². The Morgan fingerprint density at radius 1 is 1.10 bits per heavy atom. The smallest absolute Gasteiger partial charge is 0.161 e. The molecule has 0 aliphatic heterocycles. The summed E-state index contributed by atoms with van der Waals surface area (Å²) in [6, 6.07) is 9.53. The van der Waals surface area contributed by atoms with Gasteiger partial charge >= 0.3 is 0 Å². The van der Waals surface area contributed by atoms with Gasteiger partial charge < -0.3 is 15.4 Å². The number of nitrogens with one attached hydrogen (secondary N) is 2. The summed E-state index contributed by atoms with van der Waals surface area (Å²) < 4.78 is 26.4. The van der Waals surface area contributed by atoms with Gasteiger partial charge in [-0.3, -0.25) is 0 Å². The average Bonchev–Trinajstić information content (AvgIpc) is 2.89. The number of H-pyrrole nitrogens is 1. The van der Waals surface area contributed by atoms with Crippen LogP contribution in [0.2, 0.25) is 0 Å². The highest BCUT2D eigenvalue weighted by Crippen LogP contribution is 2.23. The van der Waals surface area contributed by atoms with Crippen molar-refractivity contribution >= 4 is 16.7 Å². The van der Waals surface area contributed by atoms with Gasteiger partial charge in [-0.15, -0.1) is 0 Å². The largest absolute Gasteiger partial charge is 0.395 e. The van der Waals surface area contributed by atoms with E-state index in [2.05, 4.69) is 15.3 Å². The second-order valence-corrected chi connectivity index (χ2v) is 4.60. The molecule has 4 nitrogen and oxygen atoms in total. The first kappa shape index (κ1) is 13.5. The van der Waals surface area contributed by atoms with Gasteiger partial charge in [-0.25, -0.2) is 13.8 Å². The summed E-state index contributed by atoms with van der Waals surface area (Å²) in [6.07, 6.45) is 0. The Kier molecular flexibility index (Phi) is 3.53. The van der Waals surface area contributed by atoms with Crippen LogP contribution in [0.1, 0.15) is 0 Å². The predicted molar refractivity (Wildman–Crippen MR) is 77.0 cm³/mol. The minimum atomic E-state index is -0.913. The maximum Gasteiger partial charge on any atom is 0.161 e. The number of fused-ring (bicyclic) bond motifs is 1. The molecule has 0 saturated carbocycles. The van der Waals surface area contributed by atoms with Gasteiger partial charge in [-0.1, -0.05) is 0 Å². The molecule has 108 valence electrons. The molecule has 1 heterocycles. The van der Waals surface area contributed by atoms with Crippen LogP contribution in [0.25, 0.3) is 22.4 Å². The average molecular weight is 289 g/mol. The molecule has 6 heteroatoms. The van der Waals surface area contributed by atoms with Crippen LogP contribution in [0.3, 0.4) is 0 Å². The van der Waals surface area contributed by atoms with Gasteiger partial charge in [0.05, 0.1) is 17.6 Å². The number of anilines is 1. The maximum atomic E-state index is 13.2. The predicted octanol–water partition coefficient (Wildman–Crippen LogP) is 2.91. The number of benzene rings is 2. The van der Waals surface area contributed by atoms with E-state index in [-0.39, 0.29) is 6.61 Å². The molecule has 0 aliphatic carbocycles. The molecule has 0 bridgehead atoms. The lowest BCUT2D eigenvalue weighted by Gasteiger charge is -2.04. The number of aliphatic hydroxyl groups excluding tert-OH is 1. The van der Waals surface area contributed by atoms with Crippen LogP contribution in [-0.4, -0.2) is 28.2 Å². The van der Waals surface area contributed by atoms with E-state index in [4.69, 9.17) is 5.11 Å². The Bertz CT molecular complexity index is 729. The van der Waals surface area contributed by atoms with E-state index >= 15 is 0 Å². The second-order valence-electron chi connectivity index (χ2n) is 4.60. The fourth-order valence-electron chi connectivity index (χ4n) is 2.09. The number of aromatic nitrogens is 2. The van der Waals surface area contributed by atoms with Crippen molar-refractivity contribution in [2.24, 2.45) is 0 Å². The molecular weight excluding hydrogens is 276 g/mol. The summed E-state index contributed by atoms with van der Waals surface area (Å²) in [5, 5.41) is 11.8. The molecule has 0 unspecified atom stereocenters. The summed E-state index contributed by atoms with van der Waals surface area (Å²) >= 11 is 0. The first-order valence-electron chi connectivity index (χ1n) is 6.47. The number of rotatable bonds is 4. The van der Waals surface area contributed by atoms with E-state index in [0.29, 0.717) is 23.4 Å². The van der Waals surface area contributed by atoms with Crippen LogP contribution in [0, 0.1) is 11.6 Å².